The van der Waals surface area contributed by atoms with Crippen molar-refractivity contribution in [3.8, 4) is 0 Å². The number of aliphatic hydroxyl groups is 3. The van der Waals surface area contributed by atoms with Crippen LogP contribution in [0.2, 0.25) is 0 Å². The fraction of sp³-hybridized carbons (Fsp3) is 0.926. The van der Waals surface area contributed by atoms with Crippen LogP contribution in [-0.4, -0.2) is 33.1 Å². The zero-order valence-corrected chi connectivity index (χ0v) is 19.7. The van der Waals surface area contributed by atoms with Crippen molar-refractivity contribution < 1.29 is 15.3 Å². The standard InChI is InChI=1S/C27H44O3/c1-16(6-5-10-25(2,3)30)20-7-8-21-23-17(9-11-26(20,21)4)12-22-24(23)27(22)14-18(28)13-19(29)15-27/h16,18-22,24,28-30H,5-15H2,1-4H3/t16-,18+,19+,20-,21+,22-,24-,26-/m1/s1. The highest BCUT2D eigenvalue weighted by Gasteiger charge is 2.72. The van der Waals surface area contributed by atoms with Gasteiger partial charge in [0.2, 0.25) is 0 Å². The van der Waals surface area contributed by atoms with Crippen molar-refractivity contribution in [1.29, 1.82) is 0 Å². The van der Waals surface area contributed by atoms with Gasteiger partial charge in [-0.25, -0.2) is 0 Å². The summed E-state index contributed by atoms with van der Waals surface area (Å²) >= 11 is 0. The molecule has 5 aliphatic rings. The van der Waals surface area contributed by atoms with Crippen molar-refractivity contribution >= 4 is 0 Å². The highest BCUT2D eigenvalue weighted by molar-refractivity contribution is 5.43. The SMILES string of the molecule is C[C@H](CCCC(C)(C)O)[C@H]1CC[C@H]2C3=C(CC[C@]12C)C[C@@H]1[C@H]3C12C[C@@H](O)C[C@H](O)C2. The number of rotatable bonds is 5. The van der Waals surface area contributed by atoms with Gasteiger partial charge in [0.15, 0.2) is 0 Å². The van der Waals surface area contributed by atoms with E-state index in [1.165, 1.54) is 38.5 Å². The van der Waals surface area contributed by atoms with E-state index >= 15 is 0 Å². The van der Waals surface area contributed by atoms with Crippen molar-refractivity contribution in [3.63, 3.8) is 0 Å². The van der Waals surface area contributed by atoms with Crippen LogP contribution in [0, 0.1) is 40.4 Å². The average Bonchev–Trinajstić information content (AvgIpc) is 2.95. The van der Waals surface area contributed by atoms with Crippen molar-refractivity contribution in [1.82, 2.24) is 0 Å². The predicted octanol–water partition coefficient (Wildman–Crippen LogP) is 5.23. The van der Waals surface area contributed by atoms with E-state index in [4.69, 9.17) is 0 Å². The number of hydrogen-bond donors (Lipinski definition) is 3. The van der Waals surface area contributed by atoms with Gasteiger partial charge in [-0.05, 0) is 112 Å². The van der Waals surface area contributed by atoms with Crippen molar-refractivity contribution in [3.05, 3.63) is 11.1 Å². The molecular formula is C27H44O3. The highest BCUT2D eigenvalue weighted by atomic mass is 16.3. The second-order valence-corrected chi connectivity index (χ2v) is 13.0. The Balaban J connectivity index is 1.31. The predicted molar refractivity (Wildman–Crippen MR) is 120 cm³/mol. The van der Waals surface area contributed by atoms with Gasteiger partial charge in [-0.2, -0.15) is 0 Å². The van der Waals surface area contributed by atoms with E-state index in [-0.39, 0.29) is 17.6 Å². The maximum atomic E-state index is 10.4. The van der Waals surface area contributed by atoms with Gasteiger partial charge in [-0.15, -0.1) is 0 Å². The quantitative estimate of drug-likeness (QED) is 0.538. The van der Waals surface area contributed by atoms with Gasteiger partial charge in [0.05, 0.1) is 17.8 Å². The third kappa shape index (κ3) is 3.25. The summed E-state index contributed by atoms with van der Waals surface area (Å²) in [5.41, 5.74) is 3.72. The third-order valence-corrected chi connectivity index (χ3v) is 10.5. The van der Waals surface area contributed by atoms with Gasteiger partial charge in [-0.1, -0.05) is 37.8 Å². The summed E-state index contributed by atoms with van der Waals surface area (Å²) in [7, 11) is 0. The summed E-state index contributed by atoms with van der Waals surface area (Å²) in [4.78, 5) is 0. The molecule has 0 aliphatic heterocycles. The van der Waals surface area contributed by atoms with Crippen molar-refractivity contribution in [2.75, 3.05) is 0 Å². The van der Waals surface area contributed by atoms with Crippen LogP contribution in [0.1, 0.15) is 98.3 Å². The van der Waals surface area contributed by atoms with Crippen LogP contribution in [0.15, 0.2) is 11.1 Å². The maximum absolute atomic E-state index is 10.4. The van der Waals surface area contributed by atoms with Gasteiger partial charge in [0.1, 0.15) is 0 Å². The van der Waals surface area contributed by atoms with E-state index in [1.807, 2.05) is 19.4 Å². The smallest absolute Gasteiger partial charge is 0.0591 e. The molecule has 0 unspecified atom stereocenters. The molecule has 3 saturated carbocycles. The fourth-order valence-corrected chi connectivity index (χ4v) is 9.28. The van der Waals surface area contributed by atoms with E-state index in [2.05, 4.69) is 13.8 Å². The monoisotopic (exact) mass is 416 g/mol. The first-order valence-corrected chi connectivity index (χ1v) is 12.9. The van der Waals surface area contributed by atoms with Crippen LogP contribution in [0.3, 0.4) is 0 Å². The minimum Gasteiger partial charge on any atom is -0.393 e. The van der Waals surface area contributed by atoms with E-state index in [0.29, 0.717) is 17.8 Å². The highest BCUT2D eigenvalue weighted by Crippen LogP contribution is 2.79. The Hall–Kier alpha value is -0.380. The van der Waals surface area contributed by atoms with E-state index in [0.717, 1.165) is 49.4 Å². The summed E-state index contributed by atoms with van der Waals surface area (Å²) in [6, 6.07) is 0. The normalized spacial score (nSPS) is 48.5. The molecule has 0 bridgehead atoms. The summed E-state index contributed by atoms with van der Waals surface area (Å²) in [6.07, 6.45) is 11.7. The van der Waals surface area contributed by atoms with Crippen LogP contribution in [0.25, 0.3) is 0 Å². The first kappa shape index (κ1) is 21.5. The largest absolute Gasteiger partial charge is 0.393 e. The molecule has 1 spiro atoms. The van der Waals surface area contributed by atoms with Crippen LogP contribution < -0.4 is 0 Å². The zero-order valence-electron chi connectivity index (χ0n) is 19.7. The summed E-state index contributed by atoms with van der Waals surface area (Å²) < 4.78 is 0. The topological polar surface area (TPSA) is 60.7 Å². The van der Waals surface area contributed by atoms with Gasteiger partial charge in [0, 0.05) is 0 Å². The Morgan fingerprint density at radius 1 is 1.13 bits per heavy atom. The third-order valence-electron chi connectivity index (χ3n) is 10.5. The first-order chi connectivity index (χ1) is 14.1. The molecule has 3 heteroatoms. The number of allylic oxidation sites excluding steroid dienone is 2. The van der Waals surface area contributed by atoms with Crippen molar-refractivity contribution in [2.24, 2.45) is 40.4 Å². The molecular weight excluding hydrogens is 372 g/mol. The molecule has 5 aliphatic carbocycles. The van der Waals surface area contributed by atoms with Gasteiger partial charge in [0.25, 0.3) is 0 Å². The summed E-state index contributed by atoms with van der Waals surface area (Å²) in [5.74, 6) is 3.67. The first-order valence-electron chi connectivity index (χ1n) is 12.9. The lowest BCUT2D eigenvalue weighted by atomic mass is 9.59. The van der Waals surface area contributed by atoms with E-state index in [1.54, 1.807) is 5.57 Å². The van der Waals surface area contributed by atoms with Crippen LogP contribution in [0.4, 0.5) is 0 Å². The zero-order chi connectivity index (χ0) is 21.5. The molecule has 3 N–H and O–H groups in total. The maximum Gasteiger partial charge on any atom is 0.0591 e. The number of fused-ring (bicyclic) bond motifs is 6. The lowest BCUT2D eigenvalue weighted by molar-refractivity contribution is -0.00336. The molecule has 5 rings (SSSR count). The molecule has 30 heavy (non-hydrogen) atoms. The van der Waals surface area contributed by atoms with Crippen LogP contribution >= 0.6 is 0 Å². The molecule has 0 aromatic carbocycles. The molecule has 0 aromatic rings. The Morgan fingerprint density at radius 3 is 2.50 bits per heavy atom. The van der Waals surface area contributed by atoms with E-state index in [9.17, 15) is 15.3 Å². The Labute approximate surface area is 183 Å². The molecule has 170 valence electrons. The van der Waals surface area contributed by atoms with Gasteiger partial charge >= 0.3 is 0 Å². The summed E-state index contributed by atoms with van der Waals surface area (Å²) in [5, 5.41) is 30.9. The van der Waals surface area contributed by atoms with Crippen LogP contribution in [0.5, 0.6) is 0 Å². The lowest BCUT2D eigenvalue weighted by Gasteiger charge is -2.46. The molecule has 0 saturated heterocycles. The lowest BCUT2D eigenvalue weighted by Crippen LogP contribution is -2.38. The minimum absolute atomic E-state index is 0.227. The second kappa shape index (κ2) is 7.06. The minimum atomic E-state index is -0.541. The Morgan fingerprint density at radius 2 is 1.83 bits per heavy atom. The molecule has 0 radical (unpaired) electrons. The molecule has 0 aromatic heterocycles. The van der Waals surface area contributed by atoms with Crippen molar-refractivity contribution in [2.45, 2.75) is 116 Å². The molecule has 0 heterocycles. The van der Waals surface area contributed by atoms with Crippen LogP contribution in [-0.2, 0) is 0 Å². The Bertz CT molecular complexity index is 708. The average molecular weight is 417 g/mol. The second-order valence-electron chi connectivity index (χ2n) is 13.0. The van der Waals surface area contributed by atoms with E-state index < -0.39 is 5.60 Å². The van der Waals surface area contributed by atoms with Gasteiger partial charge in [-0.3, -0.25) is 0 Å². The fourth-order valence-electron chi connectivity index (χ4n) is 9.28. The summed E-state index contributed by atoms with van der Waals surface area (Å²) in [6.45, 7) is 8.93. The Kier molecular flexibility index (Phi) is 5.05. The molecule has 3 fully saturated rings. The van der Waals surface area contributed by atoms with Gasteiger partial charge < -0.3 is 15.3 Å². The molecule has 0 amide bonds. The number of hydrogen-bond acceptors (Lipinski definition) is 3. The molecule has 8 atom stereocenters. The molecule has 3 nitrogen and oxygen atoms in total. The number of aliphatic hydroxyl groups excluding tert-OH is 2.